The molecule has 2 aromatic rings. The molecule has 0 saturated heterocycles. The van der Waals surface area contributed by atoms with E-state index in [1.54, 1.807) is 24.5 Å². The number of hydrogen-bond acceptors (Lipinski definition) is 2. The first-order valence-corrected chi connectivity index (χ1v) is 7.12. The lowest BCUT2D eigenvalue weighted by Crippen LogP contribution is -2.05. The minimum Gasteiger partial charge on any atom is -0.505 e. The molecule has 1 aromatic carbocycles. The Morgan fingerprint density at radius 3 is 2.65 bits per heavy atom. The summed E-state index contributed by atoms with van der Waals surface area (Å²) in [4.78, 5) is 4.07. The fourth-order valence-corrected chi connectivity index (χ4v) is 2.75. The van der Waals surface area contributed by atoms with Crippen molar-refractivity contribution in [3.63, 3.8) is 0 Å². The van der Waals surface area contributed by atoms with Gasteiger partial charge in [-0.3, -0.25) is 4.98 Å². The third-order valence-corrected chi connectivity index (χ3v) is 3.95. The van der Waals surface area contributed by atoms with Crippen LogP contribution >= 0.6 is 22.6 Å². The van der Waals surface area contributed by atoms with Crippen LogP contribution in [0.25, 0.3) is 0 Å². The Morgan fingerprint density at radius 1 is 1.35 bits per heavy atom. The van der Waals surface area contributed by atoms with Crippen LogP contribution in [-0.4, -0.2) is 10.1 Å². The third kappa shape index (κ3) is 3.46. The first-order valence-electron chi connectivity index (χ1n) is 6.04. The number of hydrogen-bond donors (Lipinski definition) is 1. The van der Waals surface area contributed by atoms with E-state index in [1.807, 2.05) is 6.07 Å². The van der Waals surface area contributed by atoms with Crippen molar-refractivity contribution in [1.82, 2.24) is 4.98 Å². The molecule has 0 bridgehead atoms. The Kier molecular flexibility index (Phi) is 4.93. The molecule has 2 nitrogen and oxygen atoms in total. The molecule has 0 fully saturated rings. The van der Waals surface area contributed by atoms with Gasteiger partial charge in [0.05, 0.1) is 0 Å². The van der Waals surface area contributed by atoms with Crippen LogP contribution in [0.3, 0.4) is 0 Å². The van der Waals surface area contributed by atoms with Crippen molar-refractivity contribution < 1.29 is 9.50 Å². The summed E-state index contributed by atoms with van der Waals surface area (Å²) in [6, 6.07) is 8.21. The van der Waals surface area contributed by atoms with Gasteiger partial charge in [-0.25, -0.2) is 4.39 Å². The maximum Gasteiger partial charge on any atom is 0.135 e. The van der Waals surface area contributed by atoms with E-state index in [0.717, 1.165) is 14.7 Å². The van der Waals surface area contributed by atoms with Gasteiger partial charge >= 0.3 is 0 Å². The molecular weight excluding hydrogens is 368 g/mol. The lowest BCUT2D eigenvalue weighted by Gasteiger charge is -2.18. The van der Waals surface area contributed by atoms with Crippen LogP contribution in [0.4, 0.5) is 4.39 Å². The smallest absolute Gasteiger partial charge is 0.135 e. The molecule has 0 radical (unpaired) electrons. The number of allylic oxidation sites excluding steroid dienone is 1. The summed E-state index contributed by atoms with van der Waals surface area (Å²) in [5, 5.41) is 9.75. The first kappa shape index (κ1) is 14.8. The molecule has 2 rings (SSSR count). The molecular formula is C16H13FINO. The average Bonchev–Trinajstić information content (AvgIpc) is 2.46. The van der Waals surface area contributed by atoms with Crippen LogP contribution in [0.2, 0.25) is 0 Å². The molecule has 102 valence electrons. The standard InChI is InChI=1S/C16H13FINO/c1-2-13(20)9-15(11-3-5-12(17)6-4-11)14-7-8-19-10-16(14)18/h3-8,10,15,20H,1,9H2/t15-/m0/s1. The number of pyridine rings is 1. The third-order valence-electron chi connectivity index (χ3n) is 3.05. The van der Waals surface area contributed by atoms with Crippen molar-refractivity contribution in [2.75, 3.05) is 0 Å². The van der Waals surface area contributed by atoms with E-state index >= 15 is 0 Å². The first-order chi connectivity index (χ1) is 9.61. The van der Waals surface area contributed by atoms with Crippen molar-refractivity contribution in [3.8, 4) is 0 Å². The normalized spacial score (nSPS) is 11.7. The van der Waals surface area contributed by atoms with Crippen LogP contribution in [0.1, 0.15) is 23.5 Å². The zero-order chi connectivity index (χ0) is 14.5. The highest BCUT2D eigenvalue weighted by atomic mass is 127. The number of aromatic nitrogens is 1. The Bertz CT molecular complexity index is 648. The van der Waals surface area contributed by atoms with Gasteiger partial charge in [0.1, 0.15) is 11.6 Å². The highest BCUT2D eigenvalue weighted by Gasteiger charge is 2.18. The molecule has 1 heterocycles. The van der Waals surface area contributed by atoms with Gasteiger partial charge in [0.25, 0.3) is 0 Å². The van der Waals surface area contributed by atoms with Gasteiger partial charge in [0, 0.05) is 28.3 Å². The Labute approximate surface area is 130 Å². The Balaban J connectivity index is 2.47. The van der Waals surface area contributed by atoms with E-state index in [-0.39, 0.29) is 17.5 Å². The minimum atomic E-state index is -0.277. The number of aliphatic hydroxyl groups excluding tert-OH is 1. The SMILES string of the molecule is C=C=C(O)C[C@@H](c1ccc(F)cc1)c1ccncc1I. The molecule has 1 atom stereocenters. The fraction of sp³-hybridized carbons (Fsp3) is 0.125. The van der Waals surface area contributed by atoms with E-state index in [2.05, 4.69) is 39.9 Å². The van der Waals surface area contributed by atoms with Crippen molar-refractivity contribution in [2.45, 2.75) is 12.3 Å². The number of nitrogens with zero attached hydrogens (tertiary/aromatic N) is 1. The van der Waals surface area contributed by atoms with Crippen LogP contribution in [0.5, 0.6) is 0 Å². The monoisotopic (exact) mass is 381 g/mol. The van der Waals surface area contributed by atoms with Gasteiger partial charge in [0.15, 0.2) is 0 Å². The van der Waals surface area contributed by atoms with Crippen molar-refractivity contribution in [1.29, 1.82) is 0 Å². The minimum absolute atomic E-state index is 0.0836. The van der Waals surface area contributed by atoms with E-state index in [0.29, 0.717) is 6.42 Å². The Hall–Kier alpha value is -1.65. The molecule has 0 amide bonds. The highest BCUT2D eigenvalue weighted by molar-refractivity contribution is 14.1. The van der Waals surface area contributed by atoms with Gasteiger partial charge in [0.2, 0.25) is 0 Å². The number of benzene rings is 1. The molecule has 0 aliphatic heterocycles. The van der Waals surface area contributed by atoms with Crippen molar-refractivity contribution >= 4 is 22.6 Å². The number of halogens is 2. The lowest BCUT2D eigenvalue weighted by molar-refractivity contribution is 0.382. The van der Waals surface area contributed by atoms with E-state index < -0.39 is 0 Å². The molecule has 20 heavy (non-hydrogen) atoms. The van der Waals surface area contributed by atoms with Gasteiger partial charge in [-0.15, -0.1) is 0 Å². The molecule has 0 saturated carbocycles. The molecule has 4 heteroatoms. The molecule has 0 aliphatic carbocycles. The summed E-state index contributed by atoms with van der Waals surface area (Å²) in [5.41, 5.74) is 4.46. The number of rotatable bonds is 4. The quantitative estimate of drug-likeness (QED) is 0.478. The van der Waals surface area contributed by atoms with E-state index in [4.69, 9.17) is 0 Å². The summed E-state index contributed by atoms with van der Waals surface area (Å²) in [6.07, 6.45) is 3.85. The van der Waals surface area contributed by atoms with Crippen LogP contribution in [0, 0.1) is 9.39 Å². The van der Waals surface area contributed by atoms with Gasteiger partial charge < -0.3 is 5.11 Å². The second-order valence-corrected chi connectivity index (χ2v) is 5.49. The largest absolute Gasteiger partial charge is 0.505 e. The van der Waals surface area contributed by atoms with Crippen molar-refractivity contribution in [3.05, 3.63) is 81.3 Å². The maximum absolute atomic E-state index is 13.1. The summed E-state index contributed by atoms with van der Waals surface area (Å²) in [6.45, 7) is 3.45. The van der Waals surface area contributed by atoms with Gasteiger partial charge in [-0.1, -0.05) is 24.4 Å². The maximum atomic E-state index is 13.1. The predicted molar refractivity (Wildman–Crippen MR) is 85.1 cm³/mol. The second kappa shape index (κ2) is 6.68. The van der Waals surface area contributed by atoms with Gasteiger partial charge in [-0.2, -0.15) is 0 Å². The molecule has 0 spiro atoms. The van der Waals surface area contributed by atoms with Crippen LogP contribution < -0.4 is 0 Å². The summed E-state index contributed by atoms with van der Waals surface area (Å²) < 4.78 is 14.1. The molecule has 1 N–H and O–H groups in total. The predicted octanol–water partition coefficient (Wildman–Crippen LogP) is 4.57. The lowest BCUT2D eigenvalue weighted by atomic mass is 9.88. The van der Waals surface area contributed by atoms with Crippen molar-refractivity contribution in [2.24, 2.45) is 0 Å². The zero-order valence-corrected chi connectivity index (χ0v) is 12.8. The topological polar surface area (TPSA) is 33.1 Å². The average molecular weight is 381 g/mol. The van der Waals surface area contributed by atoms with E-state index in [9.17, 15) is 9.50 Å². The Morgan fingerprint density at radius 2 is 2.05 bits per heavy atom. The summed E-state index contributed by atoms with van der Waals surface area (Å²) in [5.74, 6) is -0.271. The molecule has 0 unspecified atom stereocenters. The zero-order valence-electron chi connectivity index (χ0n) is 10.7. The summed E-state index contributed by atoms with van der Waals surface area (Å²) in [7, 11) is 0. The highest BCUT2D eigenvalue weighted by Crippen LogP contribution is 2.32. The fourth-order valence-electron chi connectivity index (χ4n) is 2.04. The molecule has 0 aliphatic rings. The molecule has 1 aromatic heterocycles. The van der Waals surface area contributed by atoms with Gasteiger partial charge in [-0.05, 0) is 51.9 Å². The number of aliphatic hydroxyl groups is 1. The second-order valence-electron chi connectivity index (χ2n) is 4.33. The van der Waals surface area contributed by atoms with Crippen LogP contribution in [0.15, 0.2) is 60.8 Å². The summed E-state index contributed by atoms with van der Waals surface area (Å²) >= 11 is 2.20. The van der Waals surface area contributed by atoms with Crippen LogP contribution in [-0.2, 0) is 0 Å². The van der Waals surface area contributed by atoms with E-state index in [1.165, 1.54) is 12.1 Å².